The Morgan fingerprint density at radius 1 is 1.14 bits per heavy atom. The molecule has 2 nitrogen and oxygen atoms in total. The van der Waals surface area contributed by atoms with Crippen LogP contribution in [0.1, 0.15) is 40.4 Å². The van der Waals surface area contributed by atoms with Crippen LogP contribution in [0.5, 0.6) is 0 Å². The van der Waals surface area contributed by atoms with Crippen LogP contribution in [0.4, 0.5) is 0 Å². The molecule has 3 heteroatoms. The number of aryl methyl sites for hydroxylation is 1. The van der Waals surface area contributed by atoms with Gasteiger partial charge < -0.3 is 4.90 Å². The molecule has 21 heavy (non-hydrogen) atoms. The third-order valence-corrected chi connectivity index (χ3v) is 4.47. The Morgan fingerprint density at radius 2 is 1.86 bits per heavy atom. The molecule has 0 fully saturated rings. The van der Waals surface area contributed by atoms with E-state index < -0.39 is 0 Å². The highest BCUT2D eigenvalue weighted by Gasteiger charge is 2.26. The minimum absolute atomic E-state index is 0.0494. The first-order chi connectivity index (χ1) is 10.2. The predicted octanol–water partition coefficient (Wildman–Crippen LogP) is 4.49. The van der Waals surface area contributed by atoms with E-state index in [9.17, 15) is 4.79 Å². The Bertz CT molecular complexity index is 651. The van der Waals surface area contributed by atoms with Crippen LogP contribution in [-0.2, 0) is 6.42 Å². The van der Waals surface area contributed by atoms with Crippen molar-refractivity contribution in [3.8, 4) is 0 Å². The van der Waals surface area contributed by atoms with Gasteiger partial charge in [0.1, 0.15) is 0 Å². The van der Waals surface area contributed by atoms with Gasteiger partial charge in [-0.1, -0.05) is 35.9 Å². The third kappa shape index (κ3) is 2.81. The van der Waals surface area contributed by atoms with Crippen LogP contribution in [0.2, 0.25) is 5.02 Å². The highest BCUT2D eigenvalue weighted by atomic mass is 35.5. The molecule has 3 rings (SSSR count). The van der Waals surface area contributed by atoms with Gasteiger partial charge in [-0.3, -0.25) is 4.79 Å². The molecule has 1 aliphatic carbocycles. The number of carbonyl (C=O) groups is 1. The van der Waals surface area contributed by atoms with Crippen molar-refractivity contribution in [1.29, 1.82) is 0 Å². The summed E-state index contributed by atoms with van der Waals surface area (Å²) in [7, 11) is 1.89. The van der Waals surface area contributed by atoms with Crippen molar-refractivity contribution in [1.82, 2.24) is 4.90 Å². The number of hydrogen-bond acceptors (Lipinski definition) is 1. The summed E-state index contributed by atoms with van der Waals surface area (Å²) >= 11 is 5.89. The van der Waals surface area contributed by atoms with Gasteiger partial charge in [-0.2, -0.15) is 0 Å². The molecule has 0 bridgehead atoms. The minimum Gasteiger partial charge on any atom is -0.335 e. The maximum Gasteiger partial charge on any atom is 0.254 e. The zero-order valence-electron chi connectivity index (χ0n) is 12.1. The van der Waals surface area contributed by atoms with E-state index in [1.807, 2.05) is 11.9 Å². The van der Waals surface area contributed by atoms with Crippen molar-refractivity contribution in [2.45, 2.75) is 25.3 Å². The number of halogens is 1. The molecule has 108 valence electrons. The van der Waals surface area contributed by atoms with Gasteiger partial charge in [0.15, 0.2) is 0 Å². The lowest BCUT2D eigenvalue weighted by Gasteiger charge is -2.33. The summed E-state index contributed by atoms with van der Waals surface area (Å²) in [5.41, 5.74) is 3.34. The fraction of sp³-hybridized carbons (Fsp3) is 0.278. The number of fused-ring (bicyclic) bond motifs is 1. The van der Waals surface area contributed by atoms with E-state index in [2.05, 4.69) is 24.3 Å². The molecule has 1 atom stereocenters. The molecule has 1 amide bonds. The Kier molecular flexibility index (Phi) is 3.98. The van der Waals surface area contributed by atoms with Gasteiger partial charge in [-0.05, 0) is 54.7 Å². The third-order valence-electron chi connectivity index (χ3n) is 4.22. The second-order valence-corrected chi connectivity index (χ2v) is 5.97. The molecule has 0 aromatic heterocycles. The maximum atomic E-state index is 12.6. The van der Waals surface area contributed by atoms with Crippen LogP contribution in [0, 0.1) is 0 Å². The Balaban J connectivity index is 1.87. The van der Waals surface area contributed by atoms with Crippen LogP contribution in [-0.4, -0.2) is 17.9 Å². The first-order valence-electron chi connectivity index (χ1n) is 7.27. The predicted molar refractivity (Wildman–Crippen MR) is 85.7 cm³/mol. The van der Waals surface area contributed by atoms with Gasteiger partial charge in [0.25, 0.3) is 5.91 Å². The minimum atomic E-state index is 0.0494. The van der Waals surface area contributed by atoms with Crippen LogP contribution in [0.25, 0.3) is 0 Å². The summed E-state index contributed by atoms with van der Waals surface area (Å²) < 4.78 is 0. The normalized spacial score (nSPS) is 17.1. The molecule has 2 aromatic carbocycles. The fourth-order valence-corrected chi connectivity index (χ4v) is 3.19. The quantitative estimate of drug-likeness (QED) is 0.800. The second-order valence-electron chi connectivity index (χ2n) is 5.53. The van der Waals surface area contributed by atoms with Crippen LogP contribution >= 0.6 is 11.6 Å². The fourth-order valence-electron chi connectivity index (χ4n) is 3.07. The van der Waals surface area contributed by atoms with Crippen molar-refractivity contribution >= 4 is 17.5 Å². The smallest absolute Gasteiger partial charge is 0.254 e. The monoisotopic (exact) mass is 299 g/mol. The van der Waals surface area contributed by atoms with Crippen LogP contribution in [0.3, 0.4) is 0 Å². The molecule has 2 aromatic rings. The molecule has 0 aliphatic heterocycles. The molecule has 1 aliphatic rings. The van der Waals surface area contributed by atoms with Gasteiger partial charge in [0.2, 0.25) is 0 Å². The number of amides is 1. The zero-order chi connectivity index (χ0) is 14.8. The number of benzene rings is 2. The van der Waals surface area contributed by atoms with Crippen LogP contribution < -0.4 is 0 Å². The lowest BCUT2D eigenvalue weighted by Crippen LogP contribution is -2.33. The van der Waals surface area contributed by atoms with Gasteiger partial charge in [0.05, 0.1) is 6.04 Å². The lowest BCUT2D eigenvalue weighted by atomic mass is 9.87. The van der Waals surface area contributed by atoms with Gasteiger partial charge >= 0.3 is 0 Å². The summed E-state index contributed by atoms with van der Waals surface area (Å²) in [5.74, 6) is 0.0494. The number of rotatable bonds is 2. The molecule has 0 spiro atoms. The molecular weight excluding hydrogens is 282 g/mol. The van der Waals surface area contributed by atoms with E-state index in [1.54, 1.807) is 24.3 Å². The van der Waals surface area contributed by atoms with Crippen molar-refractivity contribution in [3.63, 3.8) is 0 Å². The summed E-state index contributed by atoms with van der Waals surface area (Å²) in [6, 6.07) is 15.7. The first-order valence-corrected chi connectivity index (χ1v) is 7.65. The average molecular weight is 300 g/mol. The second kappa shape index (κ2) is 5.90. The maximum absolute atomic E-state index is 12.6. The lowest BCUT2D eigenvalue weighted by molar-refractivity contribution is 0.0715. The Labute approximate surface area is 130 Å². The number of carbonyl (C=O) groups excluding carboxylic acids is 1. The summed E-state index contributed by atoms with van der Waals surface area (Å²) in [6.45, 7) is 0. The zero-order valence-corrected chi connectivity index (χ0v) is 12.8. The number of nitrogens with zero attached hydrogens (tertiary/aromatic N) is 1. The molecule has 0 N–H and O–H groups in total. The number of hydrogen-bond donors (Lipinski definition) is 0. The van der Waals surface area contributed by atoms with Crippen LogP contribution in [0.15, 0.2) is 48.5 Å². The van der Waals surface area contributed by atoms with Crippen molar-refractivity contribution in [2.24, 2.45) is 0 Å². The van der Waals surface area contributed by atoms with Crippen molar-refractivity contribution < 1.29 is 4.79 Å². The SMILES string of the molecule is CN(C(=O)c1ccc(Cl)cc1)C1CCCc2ccccc21. The molecule has 1 unspecified atom stereocenters. The van der Waals surface area contributed by atoms with E-state index in [-0.39, 0.29) is 11.9 Å². The highest BCUT2D eigenvalue weighted by Crippen LogP contribution is 2.34. The molecule has 0 radical (unpaired) electrons. The highest BCUT2D eigenvalue weighted by molar-refractivity contribution is 6.30. The van der Waals surface area contributed by atoms with Crippen molar-refractivity contribution in [3.05, 3.63) is 70.2 Å². The molecule has 0 heterocycles. The van der Waals surface area contributed by atoms with E-state index in [0.717, 1.165) is 19.3 Å². The van der Waals surface area contributed by atoms with E-state index >= 15 is 0 Å². The van der Waals surface area contributed by atoms with E-state index in [4.69, 9.17) is 11.6 Å². The largest absolute Gasteiger partial charge is 0.335 e. The Hall–Kier alpha value is -1.80. The first kappa shape index (κ1) is 14.2. The molecular formula is C18H18ClNO. The van der Waals surface area contributed by atoms with Gasteiger partial charge in [-0.15, -0.1) is 0 Å². The standard InChI is InChI=1S/C18H18ClNO/c1-20(18(21)14-9-11-15(19)12-10-14)17-8-4-6-13-5-2-3-7-16(13)17/h2-3,5,7,9-12,17H,4,6,8H2,1H3. The van der Waals surface area contributed by atoms with E-state index in [1.165, 1.54) is 11.1 Å². The molecule has 0 saturated heterocycles. The van der Waals surface area contributed by atoms with Crippen molar-refractivity contribution in [2.75, 3.05) is 7.05 Å². The van der Waals surface area contributed by atoms with E-state index in [0.29, 0.717) is 10.6 Å². The summed E-state index contributed by atoms with van der Waals surface area (Å²) in [5, 5.41) is 0.650. The Morgan fingerprint density at radius 3 is 2.62 bits per heavy atom. The average Bonchev–Trinajstić information content (AvgIpc) is 2.53. The topological polar surface area (TPSA) is 20.3 Å². The molecule has 0 saturated carbocycles. The van der Waals surface area contributed by atoms with Gasteiger partial charge in [0, 0.05) is 17.6 Å². The van der Waals surface area contributed by atoms with Gasteiger partial charge in [-0.25, -0.2) is 0 Å². The summed E-state index contributed by atoms with van der Waals surface area (Å²) in [4.78, 5) is 14.5. The summed E-state index contributed by atoms with van der Waals surface area (Å²) in [6.07, 6.45) is 3.25.